The van der Waals surface area contributed by atoms with E-state index in [1.165, 1.54) is 0 Å². The Kier molecular flexibility index (Phi) is 6.43. The summed E-state index contributed by atoms with van der Waals surface area (Å²) in [6.07, 6.45) is 0. The fourth-order valence-corrected chi connectivity index (χ4v) is 2.16. The number of carbonyl (C=O) groups is 1. The summed E-state index contributed by atoms with van der Waals surface area (Å²) in [5.41, 5.74) is 1.45. The Labute approximate surface area is 111 Å². The first kappa shape index (κ1) is 14.7. The average Bonchev–Trinajstić information content (AvgIpc) is 2.39. The minimum Gasteiger partial charge on any atom is -0.385 e. The molecule has 0 aliphatic heterocycles. The SMILES string of the molecule is CCNc1ccccc1C(=O)NCCS(=O)CC. The van der Waals surface area contributed by atoms with Crippen LogP contribution in [0.2, 0.25) is 0 Å². The van der Waals surface area contributed by atoms with E-state index in [2.05, 4.69) is 10.6 Å². The second kappa shape index (κ2) is 7.87. The highest BCUT2D eigenvalue weighted by atomic mass is 32.2. The van der Waals surface area contributed by atoms with E-state index in [-0.39, 0.29) is 5.91 Å². The smallest absolute Gasteiger partial charge is 0.253 e. The van der Waals surface area contributed by atoms with E-state index in [1.807, 2.05) is 32.0 Å². The number of nitrogens with one attached hydrogen (secondary N) is 2. The van der Waals surface area contributed by atoms with Crippen molar-refractivity contribution in [1.29, 1.82) is 0 Å². The Morgan fingerprint density at radius 3 is 2.67 bits per heavy atom. The molecule has 0 spiro atoms. The van der Waals surface area contributed by atoms with Crippen molar-refractivity contribution in [2.24, 2.45) is 0 Å². The fraction of sp³-hybridized carbons (Fsp3) is 0.462. The molecule has 0 heterocycles. The molecule has 0 saturated heterocycles. The number of para-hydroxylation sites is 1. The van der Waals surface area contributed by atoms with Crippen LogP contribution in [0.15, 0.2) is 24.3 Å². The zero-order valence-electron chi connectivity index (χ0n) is 10.9. The third-order valence-corrected chi connectivity index (χ3v) is 3.78. The van der Waals surface area contributed by atoms with Gasteiger partial charge in [0.05, 0.1) is 5.56 Å². The lowest BCUT2D eigenvalue weighted by Crippen LogP contribution is -2.28. The summed E-state index contributed by atoms with van der Waals surface area (Å²) in [7, 11) is -0.839. The Balaban J connectivity index is 2.58. The normalized spacial score (nSPS) is 11.9. The largest absolute Gasteiger partial charge is 0.385 e. The highest BCUT2D eigenvalue weighted by Gasteiger charge is 2.09. The van der Waals surface area contributed by atoms with Gasteiger partial charge in [0, 0.05) is 41.1 Å². The van der Waals surface area contributed by atoms with E-state index in [0.29, 0.717) is 23.6 Å². The van der Waals surface area contributed by atoms with Gasteiger partial charge in [-0.2, -0.15) is 0 Å². The molecule has 0 bridgehead atoms. The highest BCUT2D eigenvalue weighted by molar-refractivity contribution is 7.84. The molecule has 0 fully saturated rings. The third-order valence-electron chi connectivity index (χ3n) is 2.48. The summed E-state index contributed by atoms with van der Waals surface area (Å²) in [6.45, 7) is 5.07. The molecule has 0 saturated carbocycles. The van der Waals surface area contributed by atoms with Gasteiger partial charge < -0.3 is 10.6 Å². The summed E-state index contributed by atoms with van der Waals surface area (Å²) in [4.78, 5) is 12.0. The van der Waals surface area contributed by atoms with Gasteiger partial charge in [-0.25, -0.2) is 0 Å². The van der Waals surface area contributed by atoms with Crippen LogP contribution < -0.4 is 10.6 Å². The molecule has 4 nitrogen and oxygen atoms in total. The van der Waals surface area contributed by atoms with Gasteiger partial charge in [-0.3, -0.25) is 9.00 Å². The van der Waals surface area contributed by atoms with Gasteiger partial charge in [-0.15, -0.1) is 0 Å². The molecule has 0 radical (unpaired) electrons. The molecule has 1 amide bonds. The number of rotatable bonds is 7. The quantitative estimate of drug-likeness (QED) is 0.790. The number of carbonyl (C=O) groups excluding carboxylic acids is 1. The van der Waals surface area contributed by atoms with Crippen LogP contribution in [0.1, 0.15) is 24.2 Å². The van der Waals surface area contributed by atoms with Crippen molar-refractivity contribution in [2.75, 3.05) is 29.9 Å². The standard InChI is InChI=1S/C13H20N2O2S/c1-3-14-12-8-6-5-7-11(12)13(16)15-9-10-18(17)4-2/h5-8,14H,3-4,9-10H2,1-2H3,(H,15,16). The van der Waals surface area contributed by atoms with Gasteiger partial charge in [0.1, 0.15) is 0 Å². The van der Waals surface area contributed by atoms with Crippen molar-refractivity contribution in [3.63, 3.8) is 0 Å². The second-order valence-corrected chi connectivity index (χ2v) is 5.63. The lowest BCUT2D eigenvalue weighted by Gasteiger charge is -2.10. The molecule has 1 atom stereocenters. The summed E-state index contributed by atoms with van der Waals surface area (Å²) in [5.74, 6) is 1.01. The van der Waals surface area contributed by atoms with Crippen molar-refractivity contribution in [2.45, 2.75) is 13.8 Å². The number of amides is 1. The minimum absolute atomic E-state index is 0.125. The molecule has 0 aliphatic rings. The van der Waals surface area contributed by atoms with Crippen LogP contribution in [0.3, 0.4) is 0 Å². The van der Waals surface area contributed by atoms with Gasteiger partial charge in [-0.05, 0) is 19.1 Å². The van der Waals surface area contributed by atoms with Crippen LogP contribution in [0.5, 0.6) is 0 Å². The van der Waals surface area contributed by atoms with Gasteiger partial charge in [0.25, 0.3) is 5.91 Å². The fourth-order valence-electron chi connectivity index (χ4n) is 1.54. The molecule has 5 heteroatoms. The maximum Gasteiger partial charge on any atom is 0.253 e. The topological polar surface area (TPSA) is 58.2 Å². The molecule has 1 aromatic rings. The van der Waals surface area contributed by atoms with Gasteiger partial charge in [0.15, 0.2) is 0 Å². The van der Waals surface area contributed by atoms with E-state index in [1.54, 1.807) is 6.07 Å². The van der Waals surface area contributed by atoms with E-state index in [4.69, 9.17) is 0 Å². The summed E-state index contributed by atoms with van der Waals surface area (Å²) in [6, 6.07) is 7.38. The van der Waals surface area contributed by atoms with Crippen LogP contribution in [0.4, 0.5) is 5.69 Å². The molecule has 18 heavy (non-hydrogen) atoms. The van der Waals surface area contributed by atoms with E-state index in [9.17, 15) is 9.00 Å². The summed E-state index contributed by atoms with van der Waals surface area (Å²) >= 11 is 0. The van der Waals surface area contributed by atoms with Gasteiger partial charge >= 0.3 is 0 Å². The molecule has 100 valence electrons. The summed E-state index contributed by atoms with van der Waals surface area (Å²) < 4.78 is 11.2. The number of benzene rings is 1. The first-order chi connectivity index (χ1) is 8.69. The zero-order chi connectivity index (χ0) is 13.4. The number of hydrogen-bond donors (Lipinski definition) is 2. The zero-order valence-corrected chi connectivity index (χ0v) is 11.7. The molecule has 1 aromatic carbocycles. The van der Waals surface area contributed by atoms with E-state index < -0.39 is 10.8 Å². The van der Waals surface area contributed by atoms with Gasteiger partial charge in [-0.1, -0.05) is 19.1 Å². The maximum atomic E-state index is 12.0. The van der Waals surface area contributed by atoms with Crippen LogP contribution in [-0.4, -0.2) is 34.7 Å². The monoisotopic (exact) mass is 268 g/mol. The maximum absolute atomic E-state index is 12.0. The van der Waals surface area contributed by atoms with Crippen LogP contribution in [0.25, 0.3) is 0 Å². The molecule has 0 aromatic heterocycles. The Hall–Kier alpha value is -1.36. The number of anilines is 1. The molecule has 1 rings (SSSR count). The van der Waals surface area contributed by atoms with Crippen LogP contribution in [0, 0.1) is 0 Å². The van der Waals surface area contributed by atoms with Gasteiger partial charge in [0.2, 0.25) is 0 Å². The van der Waals surface area contributed by atoms with Crippen molar-refractivity contribution < 1.29 is 9.00 Å². The number of hydrogen-bond acceptors (Lipinski definition) is 3. The Morgan fingerprint density at radius 1 is 1.28 bits per heavy atom. The van der Waals surface area contributed by atoms with Crippen molar-refractivity contribution in [3.8, 4) is 0 Å². The average molecular weight is 268 g/mol. The molecular weight excluding hydrogens is 248 g/mol. The predicted molar refractivity (Wildman–Crippen MR) is 76.5 cm³/mol. The lowest BCUT2D eigenvalue weighted by atomic mass is 10.1. The van der Waals surface area contributed by atoms with Crippen LogP contribution in [-0.2, 0) is 10.8 Å². The second-order valence-electron chi connectivity index (χ2n) is 3.76. The van der Waals surface area contributed by atoms with Crippen molar-refractivity contribution in [1.82, 2.24) is 5.32 Å². The Morgan fingerprint density at radius 2 is 2.00 bits per heavy atom. The minimum atomic E-state index is -0.839. The Bertz CT molecular complexity index is 421. The molecule has 2 N–H and O–H groups in total. The first-order valence-electron chi connectivity index (χ1n) is 6.15. The van der Waals surface area contributed by atoms with Crippen molar-refractivity contribution in [3.05, 3.63) is 29.8 Å². The van der Waals surface area contributed by atoms with E-state index >= 15 is 0 Å². The third kappa shape index (κ3) is 4.49. The summed E-state index contributed by atoms with van der Waals surface area (Å²) in [5, 5.41) is 5.94. The highest BCUT2D eigenvalue weighted by Crippen LogP contribution is 2.14. The lowest BCUT2D eigenvalue weighted by molar-refractivity contribution is 0.0957. The molecule has 0 aliphatic carbocycles. The molecular formula is C13H20N2O2S. The predicted octanol–water partition coefficient (Wildman–Crippen LogP) is 1.62. The van der Waals surface area contributed by atoms with E-state index in [0.717, 1.165) is 12.2 Å². The molecule has 1 unspecified atom stereocenters. The van der Waals surface area contributed by atoms with Crippen molar-refractivity contribution >= 4 is 22.4 Å². The first-order valence-corrected chi connectivity index (χ1v) is 7.63. The van der Waals surface area contributed by atoms with Crippen LogP contribution >= 0.6 is 0 Å².